The predicted molar refractivity (Wildman–Crippen MR) is 103 cm³/mol. The van der Waals surface area contributed by atoms with Gasteiger partial charge in [0.2, 0.25) is 0 Å². The van der Waals surface area contributed by atoms with E-state index in [0.29, 0.717) is 17.1 Å². The molecular weight excluding hydrogens is 370 g/mol. The molecule has 0 radical (unpaired) electrons. The van der Waals surface area contributed by atoms with Crippen LogP contribution in [0, 0.1) is 6.92 Å². The highest BCUT2D eigenvalue weighted by Crippen LogP contribution is 2.37. The topological polar surface area (TPSA) is 82.1 Å². The first kappa shape index (κ1) is 20.8. The minimum absolute atomic E-state index is 0.214. The summed E-state index contributed by atoms with van der Waals surface area (Å²) in [6, 6.07) is 3.50. The highest BCUT2D eigenvalue weighted by molar-refractivity contribution is 8.18. The minimum Gasteiger partial charge on any atom is -0.496 e. The number of esters is 1. The molecule has 0 bridgehead atoms. The molecule has 0 aliphatic carbocycles. The maximum Gasteiger partial charge on any atom is 0.326 e. The second-order valence-electron chi connectivity index (χ2n) is 6.87. The predicted octanol–water partition coefficient (Wildman–Crippen LogP) is 3.39. The van der Waals surface area contributed by atoms with Crippen LogP contribution in [0.5, 0.6) is 11.5 Å². The summed E-state index contributed by atoms with van der Waals surface area (Å²) in [5, 5.41) is -0.513. The monoisotopic (exact) mass is 393 g/mol. The number of amides is 2. The first-order valence-electron chi connectivity index (χ1n) is 8.26. The van der Waals surface area contributed by atoms with E-state index in [1.165, 1.54) is 7.11 Å². The molecule has 7 nitrogen and oxygen atoms in total. The molecule has 1 aromatic rings. The average molecular weight is 393 g/mol. The van der Waals surface area contributed by atoms with Crippen LogP contribution in [0.2, 0.25) is 0 Å². The third-order valence-corrected chi connectivity index (χ3v) is 4.59. The van der Waals surface area contributed by atoms with Crippen LogP contribution in [0.4, 0.5) is 4.79 Å². The molecule has 1 heterocycles. The van der Waals surface area contributed by atoms with Crippen LogP contribution >= 0.6 is 11.8 Å². The van der Waals surface area contributed by atoms with Crippen molar-refractivity contribution in [1.29, 1.82) is 0 Å². The number of hydrogen-bond acceptors (Lipinski definition) is 7. The molecule has 1 saturated heterocycles. The number of nitrogens with zero attached hydrogens (tertiary/aromatic N) is 1. The number of benzene rings is 1. The van der Waals surface area contributed by atoms with E-state index < -0.39 is 29.3 Å². The van der Waals surface area contributed by atoms with E-state index in [1.54, 1.807) is 46.1 Å². The molecule has 0 N–H and O–H groups in total. The van der Waals surface area contributed by atoms with Crippen molar-refractivity contribution in [3.63, 3.8) is 0 Å². The van der Waals surface area contributed by atoms with Gasteiger partial charge in [0.15, 0.2) is 0 Å². The first-order chi connectivity index (χ1) is 12.6. The SMILES string of the molecule is COc1ccc(/C=C2/SC(=O)N(CC(=O)OC(C)(C)C)C2=O)c(OC)c1C. The highest BCUT2D eigenvalue weighted by atomic mass is 32.2. The van der Waals surface area contributed by atoms with Crippen molar-refractivity contribution in [3.8, 4) is 11.5 Å². The molecule has 0 aromatic heterocycles. The van der Waals surface area contributed by atoms with Gasteiger partial charge in [0.25, 0.3) is 11.1 Å². The molecule has 0 spiro atoms. The zero-order valence-electron chi connectivity index (χ0n) is 16.2. The second kappa shape index (κ2) is 8.04. The molecule has 0 unspecified atom stereocenters. The van der Waals surface area contributed by atoms with Crippen molar-refractivity contribution in [2.45, 2.75) is 33.3 Å². The number of methoxy groups -OCH3 is 2. The lowest BCUT2D eigenvalue weighted by atomic mass is 10.1. The van der Waals surface area contributed by atoms with Gasteiger partial charge in [0, 0.05) is 11.1 Å². The first-order valence-corrected chi connectivity index (χ1v) is 9.08. The van der Waals surface area contributed by atoms with Gasteiger partial charge in [-0.1, -0.05) is 0 Å². The fraction of sp³-hybridized carbons (Fsp3) is 0.421. The van der Waals surface area contributed by atoms with Gasteiger partial charge in [-0.15, -0.1) is 0 Å². The number of carbonyl (C=O) groups is 3. The van der Waals surface area contributed by atoms with E-state index in [4.69, 9.17) is 14.2 Å². The standard InChI is InChI=1S/C19H23NO6S/c1-11-13(24-5)8-7-12(16(11)25-6)9-14-17(22)20(18(23)27-14)10-15(21)26-19(2,3)4/h7-9H,10H2,1-6H3/b14-9+. The van der Waals surface area contributed by atoms with Crippen LogP contribution in [0.3, 0.4) is 0 Å². The average Bonchev–Trinajstić information content (AvgIpc) is 2.81. The van der Waals surface area contributed by atoms with Gasteiger partial charge < -0.3 is 14.2 Å². The van der Waals surface area contributed by atoms with Crippen LogP contribution in [-0.4, -0.2) is 48.4 Å². The smallest absolute Gasteiger partial charge is 0.326 e. The van der Waals surface area contributed by atoms with Gasteiger partial charge in [0.05, 0.1) is 19.1 Å². The van der Waals surface area contributed by atoms with E-state index in [-0.39, 0.29) is 4.91 Å². The van der Waals surface area contributed by atoms with E-state index in [1.807, 2.05) is 6.92 Å². The minimum atomic E-state index is -0.692. The molecular formula is C19H23NO6S. The second-order valence-corrected chi connectivity index (χ2v) is 7.86. The molecule has 1 aliphatic rings. The normalized spacial score (nSPS) is 16.1. The van der Waals surface area contributed by atoms with Gasteiger partial charge in [-0.3, -0.25) is 19.3 Å². The van der Waals surface area contributed by atoms with Crippen LogP contribution in [0.15, 0.2) is 17.0 Å². The maximum atomic E-state index is 12.6. The molecule has 2 rings (SSSR count). The Morgan fingerprint density at radius 2 is 1.85 bits per heavy atom. The Labute approximate surface area is 162 Å². The Morgan fingerprint density at radius 1 is 1.19 bits per heavy atom. The molecule has 8 heteroatoms. The number of rotatable bonds is 5. The Hall–Kier alpha value is -2.48. The molecule has 27 heavy (non-hydrogen) atoms. The van der Waals surface area contributed by atoms with Crippen molar-refractivity contribution in [2.75, 3.05) is 20.8 Å². The zero-order valence-corrected chi connectivity index (χ0v) is 17.1. The van der Waals surface area contributed by atoms with Crippen molar-refractivity contribution in [3.05, 3.63) is 28.2 Å². The summed E-state index contributed by atoms with van der Waals surface area (Å²) < 4.78 is 15.9. The lowest BCUT2D eigenvalue weighted by Crippen LogP contribution is -2.37. The summed E-state index contributed by atoms with van der Waals surface area (Å²) in [4.78, 5) is 37.8. The Morgan fingerprint density at radius 3 is 2.41 bits per heavy atom. The van der Waals surface area contributed by atoms with E-state index in [0.717, 1.165) is 22.2 Å². The van der Waals surface area contributed by atoms with Crippen molar-refractivity contribution in [2.24, 2.45) is 0 Å². The zero-order chi connectivity index (χ0) is 20.4. The van der Waals surface area contributed by atoms with Crippen LogP contribution in [0.25, 0.3) is 6.08 Å². The lowest BCUT2D eigenvalue weighted by Gasteiger charge is -2.21. The summed E-state index contributed by atoms with van der Waals surface area (Å²) in [6.07, 6.45) is 1.57. The number of hydrogen-bond donors (Lipinski definition) is 0. The van der Waals surface area contributed by atoms with Crippen molar-refractivity contribution in [1.82, 2.24) is 4.90 Å². The van der Waals surface area contributed by atoms with E-state index in [9.17, 15) is 14.4 Å². The summed E-state index contributed by atoms with van der Waals surface area (Å²) in [7, 11) is 3.08. The van der Waals surface area contributed by atoms with Gasteiger partial charge >= 0.3 is 5.97 Å². The number of ether oxygens (including phenoxy) is 3. The Bertz CT molecular complexity index is 809. The molecule has 2 amide bonds. The van der Waals surface area contributed by atoms with Crippen molar-refractivity contribution < 1.29 is 28.6 Å². The molecule has 1 fully saturated rings. The Kier molecular flexibility index (Phi) is 6.20. The molecule has 1 aromatic carbocycles. The lowest BCUT2D eigenvalue weighted by molar-refractivity contribution is -0.156. The van der Waals surface area contributed by atoms with Crippen LogP contribution in [0.1, 0.15) is 31.9 Å². The summed E-state index contributed by atoms with van der Waals surface area (Å²) in [6.45, 7) is 6.58. The van der Waals surface area contributed by atoms with Crippen molar-refractivity contribution >= 4 is 35.0 Å². The van der Waals surface area contributed by atoms with E-state index in [2.05, 4.69) is 0 Å². The maximum absolute atomic E-state index is 12.6. The molecule has 0 atom stereocenters. The number of imide groups is 1. The fourth-order valence-corrected chi connectivity index (χ4v) is 3.41. The molecule has 146 valence electrons. The third kappa shape index (κ3) is 4.82. The third-order valence-electron chi connectivity index (χ3n) is 3.68. The molecule has 1 aliphatic heterocycles. The highest BCUT2D eigenvalue weighted by Gasteiger charge is 2.37. The largest absolute Gasteiger partial charge is 0.496 e. The number of thioether (sulfide) groups is 1. The fourth-order valence-electron chi connectivity index (χ4n) is 2.58. The number of carbonyl (C=O) groups excluding carboxylic acids is 3. The van der Waals surface area contributed by atoms with Gasteiger partial charge in [-0.2, -0.15) is 0 Å². The quantitative estimate of drug-likeness (QED) is 0.560. The Balaban J connectivity index is 2.26. The van der Waals surface area contributed by atoms with Gasteiger partial charge in [0.1, 0.15) is 23.6 Å². The van der Waals surface area contributed by atoms with Gasteiger partial charge in [-0.25, -0.2) is 0 Å². The van der Waals surface area contributed by atoms with Crippen LogP contribution in [-0.2, 0) is 14.3 Å². The summed E-state index contributed by atoms with van der Waals surface area (Å²) in [5.74, 6) is 0.0330. The molecule has 0 saturated carbocycles. The summed E-state index contributed by atoms with van der Waals surface area (Å²) >= 11 is 0.776. The van der Waals surface area contributed by atoms with Crippen LogP contribution < -0.4 is 9.47 Å². The van der Waals surface area contributed by atoms with E-state index >= 15 is 0 Å². The van der Waals surface area contributed by atoms with Gasteiger partial charge in [-0.05, 0) is 57.7 Å². The summed E-state index contributed by atoms with van der Waals surface area (Å²) in [5.41, 5.74) is 0.725.